The topological polar surface area (TPSA) is 9.23 Å². The van der Waals surface area contributed by atoms with Gasteiger partial charge in [-0.15, -0.1) is 0 Å². The molecule has 1 atom stereocenters. The minimum absolute atomic E-state index is 0.384. The molecule has 1 aliphatic rings. The monoisotopic (exact) mass is 262 g/mol. The van der Waals surface area contributed by atoms with Gasteiger partial charge in [0.1, 0.15) is 0 Å². The lowest BCUT2D eigenvalue weighted by atomic mass is 9.90. The fourth-order valence-corrected chi connectivity index (χ4v) is 3.18. The Balaban J connectivity index is 2.17. The minimum atomic E-state index is 0.384. The third kappa shape index (κ3) is 4.31. The van der Waals surface area contributed by atoms with Crippen molar-refractivity contribution in [2.45, 2.75) is 52.1 Å². The van der Waals surface area contributed by atoms with E-state index >= 15 is 0 Å². The van der Waals surface area contributed by atoms with Crippen LogP contribution in [0.15, 0.2) is 0 Å². The maximum Gasteiger partial charge on any atom is 0.0518 e. The Labute approximate surface area is 96.7 Å². The van der Waals surface area contributed by atoms with Crippen LogP contribution in [0.1, 0.15) is 46.0 Å². The molecule has 0 amide bonds. The molecule has 0 spiro atoms. The summed E-state index contributed by atoms with van der Waals surface area (Å²) < 4.78 is 5.61. The second kappa shape index (κ2) is 6.84. The summed E-state index contributed by atoms with van der Waals surface area (Å²) in [4.78, 5) is 0. The molecule has 0 radical (unpaired) electrons. The molecule has 1 saturated carbocycles. The standard InChI is InChI=1S/C12H23BrO/c1-10(2)14-8-7-12(9-13)11-5-3-4-6-11/h10-12H,3-9H2,1-2H3. The molecule has 1 unspecified atom stereocenters. The largest absolute Gasteiger partial charge is 0.379 e. The van der Waals surface area contributed by atoms with Crippen molar-refractivity contribution >= 4 is 15.9 Å². The Morgan fingerprint density at radius 2 is 1.93 bits per heavy atom. The maximum atomic E-state index is 5.61. The van der Waals surface area contributed by atoms with E-state index in [9.17, 15) is 0 Å². The molecule has 1 aliphatic carbocycles. The molecule has 0 saturated heterocycles. The van der Waals surface area contributed by atoms with E-state index in [-0.39, 0.29) is 0 Å². The Morgan fingerprint density at radius 3 is 2.43 bits per heavy atom. The molecule has 0 aromatic rings. The number of halogens is 1. The van der Waals surface area contributed by atoms with E-state index in [1.54, 1.807) is 0 Å². The van der Waals surface area contributed by atoms with Crippen LogP contribution in [-0.4, -0.2) is 18.0 Å². The van der Waals surface area contributed by atoms with Crippen molar-refractivity contribution in [1.29, 1.82) is 0 Å². The molecule has 84 valence electrons. The molecule has 0 aromatic heterocycles. The van der Waals surface area contributed by atoms with Gasteiger partial charge in [-0.05, 0) is 32.1 Å². The van der Waals surface area contributed by atoms with Crippen molar-refractivity contribution in [1.82, 2.24) is 0 Å². The van der Waals surface area contributed by atoms with Crippen LogP contribution >= 0.6 is 15.9 Å². The predicted molar refractivity (Wildman–Crippen MR) is 64.9 cm³/mol. The lowest BCUT2D eigenvalue weighted by Gasteiger charge is -2.21. The van der Waals surface area contributed by atoms with Crippen LogP contribution in [0.2, 0.25) is 0 Å². The zero-order valence-corrected chi connectivity index (χ0v) is 11.1. The Morgan fingerprint density at radius 1 is 1.29 bits per heavy atom. The van der Waals surface area contributed by atoms with Gasteiger partial charge in [0.05, 0.1) is 6.10 Å². The van der Waals surface area contributed by atoms with Crippen LogP contribution in [0.5, 0.6) is 0 Å². The molecular weight excluding hydrogens is 240 g/mol. The molecule has 2 heteroatoms. The summed E-state index contributed by atoms with van der Waals surface area (Å²) in [7, 11) is 0. The van der Waals surface area contributed by atoms with E-state index < -0.39 is 0 Å². The summed E-state index contributed by atoms with van der Waals surface area (Å²) >= 11 is 3.64. The average Bonchev–Trinajstić information content (AvgIpc) is 2.64. The SMILES string of the molecule is CC(C)OCCC(CBr)C1CCCC1. The molecule has 0 bridgehead atoms. The van der Waals surface area contributed by atoms with Gasteiger partial charge in [0.15, 0.2) is 0 Å². The highest BCUT2D eigenvalue weighted by molar-refractivity contribution is 9.09. The van der Waals surface area contributed by atoms with E-state index in [0.29, 0.717) is 6.10 Å². The number of alkyl halides is 1. The average molecular weight is 263 g/mol. The second-order valence-corrected chi connectivity index (χ2v) is 5.31. The Kier molecular flexibility index (Phi) is 6.11. The van der Waals surface area contributed by atoms with Crippen LogP contribution in [0, 0.1) is 11.8 Å². The summed E-state index contributed by atoms with van der Waals surface area (Å²) in [5, 5.41) is 1.15. The van der Waals surface area contributed by atoms with Crippen molar-refractivity contribution in [3.8, 4) is 0 Å². The van der Waals surface area contributed by atoms with Gasteiger partial charge in [0.2, 0.25) is 0 Å². The summed E-state index contributed by atoms with van der Waals surface area (Å²) in [5.41, 5.74) is 0. The smallest absolute Gasteiger partial charge is 0.0518 e. The summed E-state index contributed by atoms with van der Waals surface area (Å²) in [5.74, 6) is 1.81. The normalized spacial score (nSPS) is 20.6. The van der Waals surface area contributed by atoms with Crippen molar-refractivity contribution in [3.05, 3.63) is 0 Å². The Hall–Kier alpha value is 0.440. The molecule has 0 heterocycles. The minimum Gasteiger partial charge on any atom is -0.379 e. The summed E-state index contributed by atoms with van der Waals surface area (Å²) in [6.45, 7) is 5.15. The highest BCUT2D eigenvalue weighted by Crippen LogP contribution is 2.34. The zero-order valence-electron chi connectivity index (χ0n) is 9.47. The van der Waals surface area contributed by atoms with Gasteiger partial charge in [0, 0.05) is 11.9 Å². The zero-order chi connectivity index (χ0) is 10.4. The molecule has 1 rings (SSSR count). The van der Waals surface area contributed by atoms with Gasteiger partial charge in [-0.25, -0.2) is 0 Å². The molecule has 0 aliphatic heterocycles. The molecule has 1 nitrogen and oxygen atoms in total. The molecule has 0 N–H and O–H groups in total. The van der Waals surface area contributed by atoms with E-state index in [0.717, 1.165) is 23.8 Å². The first-order valence-electron chi connectivity index (χ1n) is 5.91. The van der Waals surface area contributed by atoms with E-state index in [4.69, 9.17) is 4.74 Å². The molecule has 14 heavy (non-hydrogen) atoms. The first-order valence-corrected chi connectivity index (χ1v) is 7.03. The fraction of sp³-hybridized carbons (Fsp3) is 1.00. The Bertz CT molecular complexity index is 141. The number of ether oxygens (including phenoxy) is 1. The first-order chi connectivity index (χ1) is 6.74. The number of rotatable bonds is 6. The third-order valence-electron chi connectivity index (χ3n) is 3.20. The van der Waals surface area contributed by atoms with Crippen LogP contribution in [0.4, 0.5) is 0 Å². The quantitative estimate of drug-likeness (QED) is 0.658. The summed E-state index contributed by atoms with van der Waals surface area (Å²) in [6.07, 6.45) is 7.39. The second-order valence-electron chi connectivity index (χ2n) is 4.67. The lowest BCUT2D eigenvalue weighted by Crippen LogP contribution is -2.17. The number of hydrogen-bond donors (Lipinski definition) is 0. The van der Waals surface area contributed by atoms with Gasteiger partial charge >= 0.3 is 0 Å². The van der Waals surface area contributed by atoms with Crippen molar-refractivity contribution in [3.63, 3.8) is 0 Å². The van der Waals surface area contributed by atoms with Crippen molar-refractivity contribution < 1.29 is 4.74 Å². The molecule has 0 aromatic carbocycles. The first kappa shape index (κ1) is 12.5. The van der Waals surface area contributed by atoms with Crippen molar-refractivity contribution in [2.24, 2.45) is 11.8 Å². The van der Waals surface area contributed by atoms with Crippen LogP contribution in [0.3, 0.4) is 0 Å². The van der Waals surface area contributed by atoms with E-state index in [1.807, 2.05) is 0 Å². The van der Waals surface area contributed by atoms with Crippen LogP contribution in [-0.2, 0) is 4.74 Å². The fourth-order valence-electron chi connectivity index (χ4n) is 2.32. The lowest BCUT2D eigenvalue weighted by molar-refractivity contribution is 0.0652. The van der Waals surface area contributed by atoms with Gasteiger partial charge in [0.25, 0.3) is 0 Å². The third-order valence-corrected chi connectivity index (χ3v) is 4.04. The summed E-state index contributed by atoms with van der Waals surface area (Å²) in [6, 6.07) is 0. The molecular formula is C12H23BrO. The van der Waals surface area contributed by atoms with Crippen LogP contribution in [0.25, 0.3) is 0 Å². The highest BCUT2D eigenvalue weighted by atomic mass is 79.9. The van der Waals surface area contributed by atoms with Crippen LogP contribution < -0.4 is 0 Å². The van der Waals surface area contributed by atoms with E-state index in [2.05, 4.69) is 29.8 Å². The van der Waals surface area contributed by atoms with Gasteiger partial charge in [-0.2, -0.15) is 0 Å². The van der Waals surface area contributed by atoms with Gasteiger partial charge in [-0.3, -0.25) is 0 Å². The predicted octanol–water partition coefficient (Wildman–Crippen LogP) is 4.00. The maximum absolute atomic E-state index is 5.61. The van der Waals surface area contributed by atoms with Gasteiger partial charge in [-0.1, -0.05) is 41.6 Å². The highest BCUT2D eigenvalue weighted by Gasteiger charge is 2.23. The number of hydrogen-bond acceptors (Lipinski definition) is 1. The van der Waals surface area contributed by atoms with Gasteiger partial charge < -0.3 is 4.74 Å². The van der Waals surface area contributed by atoms with E-state index in [1.165, 1.54) is 32.1 Å². The van der Waals surface area contributed by atoms with Crippen molar-refractivity contribution in [2.75, 3.05) is 11.9 Å². The molecule has 1 fully saturated rings.